The van der Waals surface area contributed by atoms with Gasteiger partial charge in [-0.2, -0.15) is 0 Å². The van der Waals surface area contributed by atoms with E-state index in [1.165, 1.54) is 24.3 Å². The van der Waals surface area contributed by atoms with Gasteiger partial charge in [0.25, 0.3) is 5.91 Å². The normalized spacial score (nSPS) is 11.1. The Morgan fingerprint density at radius 2 is 1.69 bits per heavy atom. The quantitative estimate of drug-likeness (QED) is 0.431. The number of hydrogen-bond acceptors (Lipinski definition) is 8. The lowest BCUT2D eigenvalue weighted by atomic mass is 10.1. The minimum atomic E-state index is -4.05. The smallest absolute Gasteiger partial charge is 0.341 e. The summed E-state index contributed by atoms with van der Waals surface area (Å²) in [6, 6.07) is 8.88. The Morgan fingerprint density at radius 1 is 1.00 bits per heavy atom. The highest BCUT2D eigenvalue weighted by molar-refractivity contribution is 7.89. The summed E-state index contributed by atoms with van der Waals surface area (Å²) >= 11 is 0.861. The summed E-state index contributed by atoms with van der Waals surface area (Å²) in [4.78, 5) is 36.9. The van der Waals surface area contributed by atoms with Gasteiger partial charge in [0.15, 0.2) is 6.61 Å². The van der Waals surface area contributed by atoms with Crippen LogP contribution in [0.2, 0.25) is 0 Å². The van der Waals surface area contributed by atoms with E-state index in [0.29, 0.717) is 6.07 Å². The van der Waals surface area contributed by atoms with Crippen molar-refractivity contribution in [3.8, 4) is 10.4 Å². The molecule has 0 aliphatic heterocycles. The molecule has 35 heavy (non-hydrogen) atoms. The van der Waals surface area contributed by atoms with Crippen molar-refractivity contribution >= 4 is 44.2 Å². The Labute approximate surface area is 202 Å². The summed E-state index contributed by atoms with van der Waals surface area (Å²) < 4.78 is 60.0. The molecular formula is C22H18F2N2O7S2. The van der Waals surface area contributed by atoms with Crippen LogP contribution in [0.25, 0.3) is 10.4 Å². The second kappa shape index (κ2) is 10.7. The molecule has 0 aliphatic carbocycles. The number of esters is 2. The van der Waals surface area contributed by atoms with Crippen molar-refractivity contribution in [2.24, 2.45) is 5.14 Å². The number of sulfonamides is 1. The number of carbonyl (C=O) groups is 3. The van der Waals surface area contributed by atoms with Gasteiger partial charge in [-0.25, -0.2) is 31.9 Å². The first-order chi connectivity index (χ1) is 16.5. The van der Waals surface area contributed by atoms with Crippen LogP contribution in [0, 0.1) is 11.6 Å². The minimum absolute atomic E-state index is 0.0143. The van der Waals surface area contributed by atoms with Crippen molar-refractivity contribution in [3.63, 3.8) is 0 Å². The molecule has 3 N–H and O–H groups in total. The van der Waals surface area contributed by atoms with Crippen molar-refractivity contribution < 1.29 is 41.1 Å². The third kappa shape index (κ3) is 6.68. The molecule has 9 nitrogen and oxygen atoms in total. The fourth-order valence-electron chi connectivity index (χ4n) is 2.86. The number of benzene rings is 2. The van der Waals surface area contributed by atoms with Crippen molar-refractivity contribution in [1.29, 1.82) is 0 Å². The molecule has 0 atom stereocenters. The molecule has 0 aliphatic rings. The fraction of sp³-hybridized carbons (Fsp3) is 0.136. The number of thiophene rings is 1. The molecule has 1 heterocycles. The van der Waals surface area contributed by atoms with Gasteiger partial charge in [0.1, 0.15) is 16.6 Å². The van der Waals surface area contributed by atoms with E-state index in [1.54, 1.807) is 6.92 Å². The number of nitrogens with one attached hydrogen (secondary N) is 1. The van der Waals surface area contributed by atoms with Crippen molar-refractivity contribution in [1.82, 2.24) is 0 Å². The summed E-state index contributed by atoms with van der Waals surface area (Å²) in [6.45, 7) is 0.847. The highest BCUT2D eigenvalue weighted by Gasteiger charge is 2.21. The van der Waals surface area contributed by atoms with Crippen LogP contribution in [0.5, 0.6) is 0 Å². The average molecular weight is 525 g/mol. The van der Waals surface area contributed by atoms with Crippen molar-refractivity contribution in [2.45, 2.75) is 11.8 Å². The van der Waals surface area contributed by atoms with Crippen molar-refractivity contribution in [2.75, 3.05) is 18.5 Å². The highest BCUT2D eigenvalue weighted by atomic mass is 32.2. The van der Waals surface area contributed by atoms with E-state index in [-0.39, 0.29) is 38.1 Å². The van der Waals surface area contributed by atoms with Crippen LogP contribution in [0.4, 0.5) is 13.8 Å². The van der Waals surface area contributed by atoms with E-state index in [1.807, 2.05) is 0 Å². The van der Waals surface area contributed by atoms with E-state index < -0.39 is 46.1 Å². The second-order valence-corrected chi connectivity index (χ2v) is 9.54. The second-order valence-electron chi connectivity index (χ2n) is 6.93. The molecule has 0 radical (unpaired) electrons. The maximum Gasteiger partial charge on any atom is 0.341 e. The van der Waals surface area contributed by atoms with Gasteiger partial charge in [0, 0.05) is 10.9 Å². The molecule has 0 bridgehead atoms. The number of halogens is 2. The van der Waals surface area contributed by atoms with Gasteiger partial charge in [-0.1, -0.05) is 6.07 Å². The zero-order valence-electron chi connectivity index (χ0n) is 18.0. The number of carbonyl (C=O) groups excluding carboxylic acids is 3. The lowest BCUT2D eigenvalue weighted by Gasteiger charge is -2.08. The lowest BCUT2D eigenvalue weighted by Crippen LogP contribution is -2.22. The zero-order valence-corrected chi connectivity index (χ0v) is 19.7. The van der Waals surface area contributed by atoms with Crippen LogP contribution in [-0.2, 0) is 24.3 Å². The van der Waals surface area contributed by atoms with Gasteiger partial charge in [-0.05, 0) is 48.9 Å². The van der Waals surface area contributed by atoms with E-state index in [0.717, 1.165) is 29.5 Å². The Bertz CT molecular complexity index is 1380. The van der Waals surface area contributed by atoms with E-state index in [4.69, 9.17) is 14.6 Å². The predicted octanol–water partition coefficient (Wildman–Crippen LogP) is 3.31. The molecule has 1 amide bonds. The Kier molecular flexibility index (Phi) is 7.94. The summed E-state index contributed by atoms with van der Waals surface area (Å²) in [7, 11) is -4.05. The summed E-state index contributed by atoms with van der Waals surface area (Å²) in [5.74, 6) is -4.24. The number of ether oxygens (including phenoxy) is 2. The van der Waals surface area contributed by atoms with Gasteiger partial charge < -0.3 is 14.8 Å². The number of anilines is 1. The molecule has 13 heteroatoms. The molecule has 1 aromatic heterocycles. The molecule has 0 spiro atoms. The molecule has 3 rings (SSSR count). The number of primary sulfonamides is 1. The predicted molar refractivity (Wildman–Crippen MR) is 122 cm³/mol. The zero-order chi connectivity index (χ0) is 25.8. The lowest BCUT2D eigenvalue weighted by molar-refractivity contribution is -0.119. The first-order valence-electron chi connectivity index (χ1n) is 9.85. The first-order valence-corrected chi connectivity index (χ1v) is 12.2. The van der Waals surface area contributed by atoms with Crippen molar-refractivity contribution in [3.05, 3.63) is 71.3 Å². The fourth-order valence-corrected chi connectivity index (χ4v) is 4.47. The van der Waals surface area contributed by atoms with Gasteiger partial charge in [0.2, 0.25) is 10.0 Å². The third-order valence-corrected chi connectivity index (χ3v) is 6.37. The molecule has 0 saturated carbocycles. The first kappa shape index (κ1) is 25.9. The SMILES string of the molecule is CCOC(=O)c1cc(-c2cc(F)cc(F)c2)sc1NC(=O)COC(=O)c1cccc(S(N)(=O)=O)c1. The number of hydrogen-bond donors (Lipinski definition) is 2. The summed E-state index contributed by atoms with van der Waals surface area (Å²) in [5, 5.41) is 7.46. The molecule has 0 unspecified atom stereocenters. The van der Waals surface area contributed by atoms with Crippen LogP contribution in [-0.4, -0.2) is 39.5 Å². The van der Waals surface area contributed by atoms with Crippen LogP contribution in [0.1, 0.15) is 27.6 Å². The number of rotatable bonds is 8. The van der Waals surface area contributed by atoms with Crippen LogP contribution < -0.4 is 10.5 Å². The van der Waals surface area contributed by atoms with E-state index >= 15 is 0 Å². The standard InChI is InChI=1S/C22H18F2N2O7S2/c1-2-32-22(29)17-10-18(13-6-14(23)9-15(24)7-13)34-20(17)26-19(27)11-33-21(28)12-4-3-5-16(8-12)35(25,30)31/h3-10H,2,11H2,1H3,(H,26,27)(H2,25,30,31). The minimum Gasteiger partial charge on any atom is -0.462 e. The number of nitrogens with two attached hydrogens (primary N) is 1. The molecule has 3 aromatic rings. The van der Waals surface area contributed by atoms with Crippen LogP contribution in [0.15, 0.2) is 53.4 Å². The van der Waals surface area contributed by atoms with Gasteiger partial charge in [0.05, 0.1) is 22.6 Å². The average Bonchev–Trinajstić information content (AvgIpc) is 3.20. The maximum atomic E-state index is 13.6. The largest absolute Gasteiger partial charge is 0.462 e. The number of amides is 1. The summed E-state index contributed by atoms with van der Waals surface area (Å²) in [6.07, 6.45) is 0. The summed E-state index contributed by atoms with van der Waals surface area (Å²) in [5.41, 5.74) is -0.0696. The van der Waals surface area contributed by atoms with E-state index in [2.05, 4.69) is 5.32 Å². The van der Waals surface area contributed by atoms with Crippen LogP contribution >= 0.6 is 11.3 Å². The molecule has 184 valence electrons. The molecule has 0 fully saturated rings. The molecular weight excluding hydrogens is 506 g/mol. The maximum absolute atomic E-state index is 13.6. The highest BCUT2D eigenvalue weighted by Crippen LogP contribution is 2.36. The Balaban J connectivity index is 1.77. The Morgan fingerprint density at radius 3 is 2.31 bits per heavy atom. The monoisotopic (exact) mass is 524 g/mol. The van der Waals surface area contributed by atoms with E-state index in [9.17, 15) is 31.6 Å². The molecule has 0 saturated heterocycles. The van der Waals surface area contributed by atoms with Crippen LogP contribution in [0.3, 0.4) is 0 Å². The van der Waals surface area contributed by atoms with Gasteiger partial charge >= 0.3 is 11.9 Å². The van der Waals surface area contributed by atoms with Gasteiger partial charge in [-0.15, -0.1) is 11.3 Å². The third-order valence-electron chi connectivity index (χ3n) is 4.36. The topological polar surface area (TPSA) is 142 Å². The van der Waals surface area contributed by atoms with Gasteiger partial charge in [-0.3, -0.25) is 4.79 Å². The molecule has 2 aromatic carbocycles. The Hall–Kier alpha value is -3.68.